The topological polar surface area (TPSA) is 25.8 Å². The van der Waals surface area contributed by atoms with E-state index in [-0.39, 0.29) is 0 Å². The van der Waals surface area contributed by atoms with Crippen LogP contribution in [0.15, 0.2) is 36.8 Å². The average Bonchev–Trinajstić information content (AvgIpc) is 2.23. The Hall–Kier alpha value is -1.48. The van der Waals surface area contributed by atoms with Crippen LogP contribution < -0.4 is 0 Å². The number of aromatic nitrogens is 2. The smallest absolute Gasteiger partial charge is 0.220 e. The second-order valence-corrected chi connectivity index (χ2v) is 3.17. The van der Waals surface area contributed by atoms with E-state index in [0.717, 1.165) is 0 Å². The zero-order valence-corrected chi connectivity index (χ0v) is 7.87. The molecule has 70 valence electrons. The van der Waals surface area contributed by atoms with Crippen LogP contribution in [0.4, 0.5) is 4.39 Å². The monoisotopic (exact) mass is 208 g/mol. The molecule has 0 bridgehead atoms. The molecule has 2 nitrogen and oxygen atoms in total. The van der Waals surface area contributed by atoms with Crippen molar-refractivity contribution in [3.8, 4) is 11.1 Å². The summed E-state index contributed by atoms with van der Waals surface area (Å²) < 4.78 is 13.3. The Morgan fingerprint density at radius 1 is 1.29 bits per heavy atom. The lowest BCUT2D eigenvalue weighted by Gasteiger charge is -2.01. The van der Waals surface area contributed by atoms with Crippen LogP contribution in [0.1, 0.15) is 0 Å². The molecule has 0 radical (unpaired) electrons. The van der Waals surface area contributed by atoms with Crippen LogP contribution in [0.25, 0.3) is 11.1 Å². The molecule has 4 heteroatoms. The summed E-state index contributed by atoms with van der Waals surface area (Å²) in [5, 5.41) is 0.408. The molecule has 0 unspecified atom stereocenters. The van der Waals surface area contributed by atoms with Crippen molar-refractivity contribution in [3.05, 3.63) is 47.8 Å². The fraction of sp³-hybridized carbons (Fsp3) is 0. The molecular weight excluding hydrogens is 203 g/mol. The quantitative estimate of drug-likeness (QED) is 0.674. The van der Waals surface area contributed by atoms with E-state index in [1.165, 1.54) is 12.3 Å². The second kappa shape index (κ2) is 3.72. The van der Waals surface area contributed by atoms with Gasteiger partial charge in [-0.3, -0.25) is 4.98 Å². The first-order chi connectivity index (χ1) is 6.77. The van der Waals surface area contributed by atoms with Crippen LogP contribution in [-0.2, 0) is 0 Å². The highest BCUT2D eigenvalue weighted by molar-refractivity contribution is 6.30. The van der Waals surface area contributed by atoms with E-state index in [0.29, 0.717) is 16.1 Å². The highest BCUT2D eigenvalue weighted by Crippen LogP contribution is 2.23. The van der Waals surface area contributed by atoms with E-state index in [1.807, 2.05) is 0 Å². The first-order valence-corrected chi connectivity index (χ1v) is 4.36. The number of hydrogen-bond acceptors (Lipinski definition) is 2. The lowest BCUT2D eigenvalue weighted by molar-refractivity contribution is 0.587. The van der Waals surface area contributed by atoms with Gasteiger partial charge in [-0.25, -0.2) is 4.98 Å². The fourth-order valence-electron chi connectivity index (χ4n) is 1.15. The fourth-order valence-corrected chi connectivity index (χ4v) is 1.31. The summed E-state index contributed by atoms with van der Waals surface area (Å²) in [6.07, 6.45) is 4.46. The standard InChI is InChI=1S/C10H6ClFN2/c11-8-4-9(10(12)14-6-8)7-2-1-3-13-5-7/h1-6H. The van der Waals surface area contributed by atoms with Crippen molar-refractivity contribution >= 4 is 11.6 Å². The molecule has 0 aromatic carbocycles. The Bertz CT molecular complexity index is 445. The first kappa shape index (κ1) is 9.09. The average molecular weight is 209 g/mol. The molecule has 0 aliphatic carbocycles. The Kier molecular flexibility index (Phi) is 2.41. The predicted molar refractivity (Wildman–Crippen MR) is 52.4 cm³/mol. The predicted octanol–water partition coefficient (Wildman–Crippen LogP) is 2.94. The van der Waals surface area contributed by atoms with E-state index in [2.05, 4.69) is 9.97 Å². The Morgan fingerprint density at radius 2 is 2.14 bits per heavy atom. The van der Waals surface area contributed by atoms with Gasteiger partial charge in [-0.15, -0.1) is 0 Å². The number of pyridine rings is 2. The Morgan fingerprint density at radius 3 is 2.86 bits per heavy atom. The SMILES string of the molecule is Fc1ncc(Cl)cc1-c1cccnc1. The van der Waals surface area contributed by atoms with Gasteiger partial charge >= 0.3 is 0 Å². The van der Waals surface area contributed by atoms with E-state index < -0.39 is 5.95 Å². The van der Waals surface area contributed by atoms with Crippen molar-refractivity contribution in [3.63, 3.8) is 0 Å². The summed E-state index contributed by atoms with van der Waals surface area (Å²) in [5.74, 6) is -0.539. The molecule has 0 aliphatic rings. The minimum atomic E-state index is -0.539. The Labute approximate surface area is 85.4 Å². The molecule has 0 atom stereocenters. The Balaban J connectivity index is 2.57. The van der Waals surface area contributed by atoms with Gasteiger partial charge in [-0.2, -0.15) is 4.39 Å². The van der Waals surface area contributed by atoms with Gasteiger partial charge in [0.25, 0.3) is 0 Å². The summed E-state index contributed by atoms with van der Waals surface area (Å²) in [5.41, 5.74) is 1.03. The molecule has 0 spiro atoms. The highest BCUT2D eigenvalue weighted by Gasteiger charge is 2.06. The van der Waals surface area contributed by atoms with Crippen molar-refractivity contribution in [1.82, 2.24) is 9.97 Å². The van der Waals surface area contributed by atoms with Crippen molar-refractivity contribution < 1.29 is 4.39 Å². The van der Waals surface area contributed by atoms with Crippen LogP contribution in [0.2, 0.25) is 5.02 Å². The molecule has 2 heterocycles. The second-order valence-electron chi connectivity index (χ2n) is 2.73. The number of rotatable bonds is 1. The van der Waals surface area contributed by atoms with Gasteiger partial charge in [-0.1, -0.05) is 17.7 Å². The van der Waals surface area contributed by atoms with E-state index in [1.54, 1.807) is 24.5 Å². The number of hydrogen-bond donors (Lipinski definition) is 0. The zero-order chi connectivity index (χ0) is 9.97. The largest absolute Gasteiger partial charge is 0.264 e. The van der Waals surface area contributed by atoms with E-state index in [4.69, 9.17) is 11.6 Å². The molecular formula is C10H6ClFN2. The maximum atomic E-state index is 13.3. The minimum Gasteiger partial charge on any atom is -0.264 e. The molecule has 0 aliphatic heterocycles. The van der Waals surface area contributed by atoms with Crippen molar-refractivity contribution in [2.24, 2.45) is 0 Å². The lowest BCUT2D eigenvalue weighted by atomic mass is 10.1. The number of halogens is 2. The van der Waals surface area contributed by atoms with Crippen LogP contribution >= 0.6 is 11.6 Å². The van der Waals surface area contributed by atoms with Crippen LogP contribution in [0.3, 0.4) is 0 Å². The van der Waals surface area contributed by atoms with Gasteiger partial charge in [0.2, 0.25) is 5.95 Å². The zero-order valence-electron chi connectivity index (χ0n) is 7.11. The van der Waals surface area contributed by atoms with Crippen molar-refractivity contribution in [2.45, 2.75) is 0 Å². The van der Waals surface area contributed by atoms with Gasteiger partial charge in [0.1, 0.15) is 0 Å². The highest BCUT2D eigenvalue weighted by atomic mass is 35.5. The van der Waals surface area contributed by atoms with Crippen LogP contribution in [-0.4, -0.2) is 9.97 Å². The molecule has 0 fully saturated rings. The van der Waals surface area contributed by atoms with Gasteiger partial charge in [-0.05, 0) is 12.1 Å². The van der Waals surface area contributed by atoms with Crippen LogP contribution in [0, 0.1) is 5.95 Å². The van der Waals surface area contributed by atoms with Crippen molar-refractivity contribution in [1.29, 1.82) is 0 Å². The molecule has 0 N–H and O–H groups in total. The summed E-state index contributed by atoms with van der Waals surface area (Å²) in [6, 6.07) is 5.01. The van der Waals surface area contributed by atoms with E-state index in [9.17, 15) is 4.39 Å². The normalized spacial score (nSPS) is 10.1. The third-order valence-electron chi connectivity index (χ3n) is 1.78. The molecule has 14 heavy (non-hydrogen) atoms. The summed E-state index contributed by atoms with van der Waals surface area (Å²) in [4.78, 5) is 7.42. The third kappa shape index (κ3) is 1.72. The summed E-state index contributed by atoms with van der Waals surface area (Å²) in [6.45, 7) is 0. The molecule has 2 aromatic heterocycles. The third-order valence-corrected chi connectivity index (χ3v) is 1.98. The van der Waals surface area contributed by atoms with Crippen molar-refractivity contribution in [2.75, 3.05) is 0 Å². The lowest BCUT2D eigenvalue weighted by Crippen LogP contribution is -1.88. The maximum absolute atomic E-state index is 13.3. The van der Waals surface area contributed by atoms with Gasteiger partial charge in [0.05, 0.1) is 5.02 Å². The molecule has 0 amide bonds. The van der Waals surface area contributed by atoms with E-state index >= 15 is 0 Å². The summed E-state index contributed by atoms with van der Waals surface area (Å²) in [7, 11) is 0. The molecule has 0 saturated carbocycles. The molecule has 0 saturated heterocycles. The van der Waals surface area contributed by atoms with Gasteiger partial charge < -0.3 is 0 Å². The summed E-state index contributed by atoms with van der Waals surface area (Å²) >= 11 is 5.72. The number of nitrogens with zero attached hydrogens (tertiary/aromatic N) is 2. The van der Waals surface area contributed by atoms with Crippen LogP contribution in [0.5, 0.6) is 0 Å². The minimum absolute atomic E-state index is 0.366. The maximum Gasteiger partial charge on any atom is 0.220 e. The first-order valence-electron chi connectivity index (χ1n) is 3.99. The van der Waals surface area contributed by atoms with Gasteiger partial charge in [0, 0.05) is 29.7 Å². The molecule has 2 aromatic rings. The van der Waals surface area contributed by atoms with Gasteiger partial charge in [0.15, 0.2) is 0 Å². The molecule has 2 rings (SSSR count).